The van der Waals surface area contributed by atoms with Crippen LogP contribution in [0.3, 0.4) is 0 Å². The van der Waals surface area contributed by atoms with Crippen molar-refractivity contribution in [3.05, 3.63) is 34.2 Å². The minimum Gasteiger partial charge on any atom is -0.481 e. The first kappa shape index (κ1) is 14.8. The zero-order valence-electron chi connectivity index (χ0n) is 12.3. The molecule has 0 bridgehead atoms. The molecule has 3 heterocycles. The molecule has 1 aromatic rings. The van der Waals surface area contributed by atoms with Gasteiger partial charge in [-0.25, -0.2) is 0 Å². The number of nitrogens with zero attached hydrogens (tertiary/aromatic N) is 2. The van der Waals surface area contributed by atoms with Gasteiger partial charge in [0.2, 0.25) is 0 Å². The fraction of sp³-hybridized carbons (Fsp3) is 0.533. The third-order valence-corrected chi connectivity index (χ3v) is 4.82. The number of aliphatic carboxylic acids is 1. The van der Waals surface area contributed by atoms with Crippen molar-refractivity contribution in [3.8, 4) is 0 Å². The van der Waals surface area contributed by atoms with Crippen LogP contribution in [0.1, 0.15) is 16.9 Å². The molecule has 1 amide bonds. The monoisotopic (exact) mass is 306 g/mol. The van der Waals surface area contributed by atoms with Crippen molar-refractivity contribution in [1.29, 1.82) is 0 Å². The number of carboxylic acid groups (broad SMARTS) is 1. The highest BCUT2D eigenvalue weighted by Crippen LogP contribution is 2.42. The predicted molar refractivity (Wildman–Crippen MR) is 76.6 cm³/mol. The number of ether oxygens (including phenoxy) is 1. The molecule has 2 aliphatic rings. The molecule has 7 nitrogen and oxygen atoms in total. The first-order valence-electron chi connectivity index (χ1n) is 7.22. The molecule has 0 aliphatic carbocycles. The molecular formula is C15H18N2O5. The van der Waals surface area contributed by atoms with Crippen LogP contribution in [0.2, 0.25) is 0 Å². The molecule has 0 unspecified atom stereocenters. The number of carboxylic acids is 1. The number of aromatic nitrogens is 1. The van der Waals surface area contributed by atoms with E-state index in [4.69, 9.17) is 4.74 Å². The topological polar surface area (TPSA) is 88.8 Å². The van der Waals surface area contributed by atoms with Gasteiger partial charge in [-0.1, -0.05) is 6.07 Å². The van der Waals surface area contributed by atoms with E-state index in [0.717, 1.165) is 0 Å². The van der Waals surface area contributed by atoms with Gasteiger partial charge in [0.05, 0.1) is 12.0 Å². The summed E-state index contributed by atoms with van der Waals surface area (Å²) in [6.45, 7) is 1.25. The first-order chi connectivity index (χ1) is 10.5. The second-order valence-electron chi connectivity index (χ2n) is 5.98. The zero-order valence-corrected chi connectivity index (χ0v) is 12.3. The van der Waals surface area contributed by atoms with Crippen LogP contribution >= 0.6 is 0 Å². The van der Waals surface area contributed by atoms with Gasteiger partial charge in [0.1, 0.15) is 5.69 Å². The molecule has 118 valence electrons. The van der Waals surface area contributed by atoms with Gasteiger partial charge in [0.25, 0.3) is 11.5 Å². The van der Waals surface area contributed by atoms with Gasteiger partial charge in [-0.3, -0.25) is 14.4 Å². The average Bonchev–Trinajstić information content (AvgIpc) is 2.90. The second-order valence-corrected chi connectivity index (χ2v) is 5.98. The number of carbonyl (C=O) groups is 2. The number of fused-ring (bicyclic) bond motifs is 1. The minimum atomic E-state index is -0.929. The van der Waals surface area contributed by atoms with Gasteiger partial charge >= 0.3 is 5.97 Å². The average molecular weight is 306 g/mol. The van der Waals surface area contributed by atoms with Gasteiger partial charge in [0.15, 0.2) is 0 Å². The number of amides is 1. The van der Waals surface area contributed by atoms with Crippen molar-refractivity contribution in [2.75, 3.05) is 26.3 Å². The third-order valence-electron chi connectivity index (χ3n) is 4.82. The molecule has 7 heteroatoms. The Morgan fingerprint density at radius 1 is 1.41 bits per heavy atom. The lowest BCUT2D eigenvalue weighted by molar-refractivity contribution is -0.157. The van der Waals surface area contributed by atoms with Gasteiger partial charge in [0, 0.05) is 38.7 Å². The van der Waals surface area contributed by atoms with Crippen LogP contribution in [0.25, 0.3) is 0 Å². The van der Waals surface area contributed by atoms with Crippen LogP contribution in [0.4, 0.5) is 0 Å². The quantitative estimate of drug-likeness (QED) is 0.827. The van der Waals surface area contributed by atoms with E-state index in [9.17, 15) is 19.5 Å². The molecular weight excluding hydrogens is 288 g/mol. The fourth-order valence-electron chi connectivity index (χ4n) is 3.39. The molecule has 1 aromatic heterocycles. The van der Waals surface area contributed by atoms with E-state index in [2.05, 4.69) is 0 Å². The maximum Gasteiger partial charge on any atom is 0.311 e. The number of likely N-dealkylation sites (tertiary alicyclic amines) is 1. The summed E-state index contributed by atoms with van der Waals surface area (Å²) in [6, 6.07) is 4.50. The van der Waals surface area contributed by atoms with Crippen LogP contribution in [-0.2, 0) is 16.6 Å². The Labute approximate surface area is 127 Å². The van der Waals surface area contributed by atoms with Crippen molar-refractivity contribution in [3.63, 3.8) is 0 Å². The summed E-state index contributed by atoms with van der Waals surface area (Å²) in [5.74, 6) is -1.39. The number of pyridine rings is 1. The van der Waals surface area contributed by atoms with Gasteiger partial charge in [-0.2, -0.15) is 0 Å². The summed E-state index contributed by atoms with van der Waals surface area (Å²) in [4.78, 5) is 37.6. The van der Waals surface area contributed by atoms with E-state index in [1.165, 1.54) is 28.6 Å². The van der Waals surface area contributed by atoms with E-state index in [0.29, 0.717) is 26.2 Å². The highest BCUT2D eigenvalue weighted by molar-refractivity contribution is 5.93. The van der Waals surface area contributed by atoms with Crippen molar-refractivity contribution in [1.82, 2.24) is 9.47 Å². The lowest BCUT2D eigenvalue weighted by Gasteiger charge is -2.33. The minimum absolute atomic E-state index is 0.165. The fourth-order valence-corrected chi connectivity index (χ4v) is 3.39. The predicted octanol–water partition coefficient (Wildman–Crippen LogP) is -0.0514. The Bertz CT molecular complexity index is 683. The highest BCUT2D eigenvalue weighted by atomic mass is 16.5. The molecule has 0 radical (unpaired) electrons. The molecule has 2 atom stereocenters. The molecule has 2 aliphatic heterocycles. The third kappa shape index (κ3) is 2.12. The Balaban J connectivity index is 1.91. The maximum absolute atomic E-state index is 12.7. The summed E-state index contributed by atoms with van der Waals surface area (Å²) >= 11 is 0. The summed E-state index contributed by atoms with van der Waals surface area (Å²) in [5, 5.41) is 9.62. The number of hydrogen-bond donors (Lipinski definition) is 1. The van der Waals surface area contributed by atoms with E-state index in [-0.39, 0.29) is 29.6 Å². The van der Waals surface area contributed by atoms with Crippen molar-refractivity contribution in [2.24, 2.45) is 18.4 Å². The van der Waals surface area contributed by atoms with Crippen LogP contribution in [0.15, 0.2) is 23.0 Å². The van der Waals surface area contributed by atoms with Crippen LogP contribution < -0.4 is 5.56 Å². The van der Waals surface area contributed by atoms with Gasteiger partial charge in [-0.05, 0) is 12.5 Å². The van der Waals surface area contributed by atoms with Crippen molar-refractivity contribution < 1.29 is 19.4 Å². The smallest absolute Gasteiger partial charge is 0.311 e. The van der Waals surface area contributed by atoms with Gasteiger partial charge in [-0.15, -0.1) is 0 Å². The summed E-state index contributed by atoms with van der Waals surface area (Å²) < 4.78 is 6.66. The molecule has 0 aromatic carbocycles. The van der Waals surface area contributed by atoms with E-state index >= 15 is 0 Å². The normalized spacial score (nSPS) is 27.5. The molecule has 0 spiro atoms. The van der Waals surface area contributed by atoms with Crippen molar-refractivity contribution >= 4 is 11.9 Å². The molecule has 2 saturated heterocycles. The maximum atomic E-state index is 12.7. The lowest BCUT2D eigenvalue weighted by Crippen LogP contribution is -2.45. The van der Waals surface area contributed by atoms with E-state index in [1.807, 2.05) is 0 Å². The molecule has 3 rings (SSSR count). The number of carbonyl (C=O) groups excluding carboxylic acids is 1. The Morgan fingerprint density at radius 2 is 2.18 bits per heavy atom. The second kappa shape index (κ2) is 5.24. The SMILES string of the molecule is Cn1c(C(=O)N2C[C@H]3COCC[C@@]3(C(=O)O)C2)cccc1=O. The Hall–Kier alpha value is -2.15. The van der Waals surface area contributed by atoms with Crippen LogP contribution in [0, 0.1) is 11.3 Å². The Morgan fingerprint density at radius 3 is 2.86 bits per heavy atom. The number of rotatable bonds is 2. The summed E-state index contributed by atoms with van der Waals surface area (Å²) in [6.07, 6.45) is 0.407. The zero-order chi connectivity index (χ0) is 15.9. The highest BCUT2D eigenvalue weighted by Gasteiger charge is 2.55. The van der Waals surface area contributed by atoms with Crippen LogP contribution in [-0.4, -0.2) is 52.8 Å². The lowest BCUT2D eigenvalue weighted by atomic mass is 9.74. The van der Waals surface area contributed by atoms with E-state index < -0.39 is 11.4 Å². The standard InChI is InChI=1S/C15H18N2O5/c1-16-11(3-2-4-12(16)18)13(19)17-7-10-8-22-6-5-15(10,9-17)14(20)21/h2-4,10H,5-9H2,1H3,(H,20,21)/t10-,15+/m0/s1. The number of hydrogen-bond acceptors (Lipinski definition) is 4. The molecule has 0 saturated carbocycles. The van der Waals surface area contributed by atoms with E-state index in [1.54, 1.807) is 6.07 Å². The van der Waals surface area contributed by atoms with Gasteiger partial charge < -0.3 is 19.3 Å². The van der Waals surface area contributed by atoms with Crippen LogP contribution in [0.5, 0.6) is 0 Å². The molecule has 2 fully saturated rings. The Kier molecular flexibility index (Phi) is 3.52. The molecule has 22 heavy (non-hydrogen) atoms. The first-order valence-corrected chi connectivity index (χ1v) is 7.22. The summed E-state index contributed by atoms with van der Waals surface area (Å²) in [5.41, 5.74) is -0.923. The largest absolute Gasteiger partial charge is 0.481 e. The molecule has 1 N–H and O–H groups in total. The summed E-state index contributed by atoms with van der Waals surface area (Å²) in [7, 11) is 1.54. The van der Waals surface area contributed by atoms with Crippen molar-refractivity contribution in [2.45, 2.75) is 6.42 Å².